The van der Waals surface area contributed by atoms with Gasteiger partial charge < -0.3 is 14.4 Å². The molecule has 0 unspecified atom stereocenters. The lowest BCUT2D eigenvalue weighted by Gasteiger charge is -2.47. The molecule has 0 bridgehead atoms. The number of ether oxygens (including phenoxy) is 2. The molecule has 4 rings (SSSR count). The van der Waals surface area contributed by atoms with E-state index in [2.05, 4.69) is 5.32 Å². The quantitative estimate of drug-likeness (QED) is 0.508. The van der Waals surface area contributed by atoms with Crippen LogP contribution in [0.5, 0.6) is 0 Å². The molecule has 1 N–H and O–H groups in total. The molecule has 0 spiro atoms. The fraction of sp³-hybridized carbons (Fsp3) is 0.483. The number of amides is 2. The molecular weight excluding hydrogens is 475 g/mol. The number of likely N-dealkylation sites (tertiary alicyclic amines) is 1. The largest absolute Gasteiger partial charge is 0.469 e. The Bertz CT molecular complexity index is 1150. The number of hydrogen-bond acceptors (Lipinski definition) is 5. The van der Waals surface area contributed by atoms with E-state index in [9.17, 15) is 18.8 Å². The molecule has 1 saturated heterocycles. The van der Waals surface area contributed by atoms with Crippen molar-refractivity contribution in [2.45, 2.75) is 71.1 Å². The van der Waals surface area contributed by atoms with Crippen LogP contribution in [0.4, 0.5) is 14.9 Å². The second kappa shape index (κ2) is 10.5. The first kappa shape index (κ1) is 26.6. The highest BCUT2D eigenvalue weighted by atomic mass is 19.1. The van der Waals surface area contributed by atoms with Gasteiger partial charge in [-0.25, -0.2) is 9.18 Å². The fourth-order valence-electron chi connectivity index (χ4n) is 5.78. The molecule has 2 aromatic carbocycles. The number of fused-ring (bicyclic) bond motifs is 1. The molecule has 8 heteroatoms. The maximum atomic E-state index is 15.0. The maximum Gasteiger partial charge on any atom is 0.412 e. The van der Waals surface area contributed by atoms with Crippen LogP contribution >= 0.6 is 0 Å². The van der Waals surface area contributed by atoms with Gasteiger partial charge in [-0.05, 0) is 82.2 Å². The van der Waals surface area contributed by atoms with E-state index in [0.717, 1.165) is 24.8 Å². The third-order valence-electron chi connectivity index (χ3n) is 7.29. The Balaban J connectivity index is 1.73. The van der Waals surface area contributed by atoms with Gasteiger partial charge in [0.15, 0.2) is 0 Å². The van der Waals surface area contributed by atoms with Gasteiger partial charge in [-0.2, -0.15) is 0 Å². The number of halogens is 1. The average Bonchev–Trinajstić information content (AvgIpc) is 3.30. The Morgan fingerprint density at radius 3 is 2.38 bits per heavy atom. The second-order valence-electron chi connectivity index (χ2n) is 11.0. The van der Waals surface area contributed by atoms with Crippen LogP contribution in [0.15, 0.2) is 42.5 Å². The van der Waals surface area contributed by atoms with E-state index in [1.807, 2.05) is 0 Å². The van der Waals surface area contributed by atoms with Crippen molar-refractivity contribution in [3.05, 3.63) is 65.0 Å². The van der Waals surface area contributed by atoms with Crippen molar-refractivity contribution < 1.29 is 28.2 Å². The lowest BCUT2D eigenvalue weighted by atomic mass is 9.76. The summed E-state index contributed by atoms with van der Waals surface area (Å²) in [5, 5.41) is 2.70. The van der Waals surface area contributed by atoms with Crippen LogP contribution in [0, 0.1) is 24.6 Å². The first-order valence-electron chi connectivity index (χ1n) is 12.8. The van der Waals surface area contributed by atoms with Gasteiger partial charge in [-0.3, -0.25) is 14.9 Å². The molecule has 2 aromatic rings. The van der Waals surface area contributed by atoms with E-state index in [1.54, 1.807) is 69.0 Å². The highest BCUT2D eigenvalue weighted by molar-refractivity contribution is 5.97. The Kier molecular flexibility index (Phi) is 7.57. The van der Waals surface area contributed by atoms with Gasteiger partial charge in [-0.15, -0.1) is 0 Å². The van der Waals surface area contributed by atoms with E-state index in [4.69, 9.17) is 9.47 Å². The van der Waals surface area contributed by atoms with E-state index in [-0.39, 0.29) is 17.5 Å². The number of piperidine rings is 1. The van der Waals surface area contributed by atoms with Crippen molar-refractivity contribution in [2.24, 2.45) is 11.8 Å². The predicted molar refractivity (Wildman–Crippen MR) is 138 cm³/mol. The van der Waals surface area contributed by atoms with E-state index in [0.29, 0.717) is 17.7 Å². The van der Waals surface area contributed by atoms with Crippen LogP contribution in [-0.2, 0) is 14.3 Å². The van der Waals surface area contributed by atoms with Crippen molar-refractivity contribution in [3.63, 3.8) is 0 Å². The second-order valence-corrected chi connectivity index (χ2v) is 11.0. The fourth-order valence-corrected chi connectivity index (χ4v) is 5.78. The number of aryl methyl sites for hydroxylation is 1. The normalized spacial score (nSPS) is 23.2. The number of nitrogens with one attached hydrogen (secondary N) is 1. The van der Waals surface area contributed by atoms with Crippen LogP contribution in [0.3, 0.4) is 0 Å². The predicted octanol–water partition coefficient (Wildman–Crippen LogP) is 6.03. The summed E-state index contributed by atoms with van der Waals surface area (Å²) in [6.07, 6.45) is 2.66. The highest BCUT2D eigenvalue weighted by Crippen LogP contribution is 2.49. The number of methoxy groups -OCH3 is 1. The van der Waals surface area contributed by atoms with Crippen LogP contribution in [0.1, 0.15) is 74.0 Å². The number of benzene rings is 2. The minimum Gasteiger partial charge on any atom is -0.469 e. The smallest absolute Gasteiger partial charge is 0.412 e. The molecular formula is C29H35FN2O5. The molecule has 1 saturated carbocycles. The van der Waals surface area contributed by atoms with Gasteiger partial charge in [0.2, 0.25) is 0 Å². The molecule has 2 aliphatic rings. The number of carbonyl (C=O) groups is 3. The molecule has 1 aliphatic carbocycles. The molecule has 1 heterocycles. The molecule has 1 aliphatic heterocycles. The summed E-state index contributed by atoms with van der Waals surface area (Å²) in [6.45, 7) is 7.07. The summed E-state index contributed by atoms with van der Waals surface area (Å²) in [7, 11) is 1.35. The van der Waals surface area contributed by atoms with Crippen molar-refractivity contribution in [2.75, 3.05) is 12.4 Å². The van der Waals surface area contributed by atoms with Crippen molar-refractivity contribution in [3.8, 4) is 0 Å². The lowest BCUT2D eigenvalue weighted by Crippen LogP contribution is -2.53. The number of hydrogen-bond donors (Lipinski definition) is 1. The summed E-state index contributed by atoms with van der Waals surface area (Å²) in [4.78, 5) is 41.0. The van der Waals surface area contributed by atoms with Gasteiger partial charge in [0.1, 0.15) is 11.4 Å². The number of carbonyl (C=O) groups excluding carboxylic acids is 3. The Morgan fingerprint density at radius 1 is 1.05 bits per heavy atom. The number of esters is 1. The van der Waals surface area contributed by atoms with Crippen molar-refractivity contribution in [1.82, 2.24) is 4.90 Å². The van der Waals surface area contributed by atoms with Crippen LogP contribution in [0.2, 0.25) is 0 Å². The van der Waals surface area contributed by atoms with Crippen molar-refractivity contribution >= 4 is 23.7 Å². The summed E-state index contributed by atoms with van der Waals surface area (Å²) in [5.41, 5.74) is 1.19. The first-order chi connectivity index (χ1) is 17.5. The van der Waals surface area contributed by atoms with Crippen LogP contribution in [0.25, 0.3) is 0 Å². The summed E-state index contributed by atoms with van der Waals surface area (Å²) < 4.78 is 25.4. The SMILES string of the molecule is COC(=O)[C@H]1C[C@H]2CCC[C@H]2N(C(=O)c2c(C)cccc2F)[C@H]1c1ccc(NC(=O)OC(C)(C)C)cc1. The topological polar surface area (TPSA) is 84.9 Å². The maximum absolute atomic E-state index is 15.0. The van der Waals surface area contributed by atoms with Gasteiger partial charge in [0.05, 0.1) is 24.6 Å². The molecule has 0 aromatic heterocycles. The number of anilines is 1. The summed E-state index contributed by atoms with van der Waals surface area (Å²) >= 11 is 0. The standard InChI is InChI=1S/C29H35FN2O5/c1-17-8-6-10-22(30)24(17)26(33)32-23-11-7-9-19(23)16-21(27(34)36-5)25(32)18-12-14-20(15-13-18)31-28(35)37-29(2,3)4/h6,8,10,12-15,19,21,23,25H,7,9,11,16H2,1-5H3,(H,31,35)/t19-,21+,23-,25+/m1/s1. The zero-order valence-electron chi connectivity index (χ0n) is 22.0. The van der Waals surface area contributed by atoms with Gasteiger partial charge in [0, 0.05) is 11.7 Å². The summed E-state index contributed by atoms with van der Waals surface area (Å²) in [6, 6.07) is 10.9. The Labute approximate surface area is 217 Å². The molecule has 2 amide bonds. The van der Waals surface area contributed by atoms with E-state index in [1.165, 1.54) is 13.2 Å². The molecule has 4 atom stereocenters. The highest BCUT2D eigenvalue weighted by Gasteiger charge is 2.50. The third kappa shape index (κ3) is 5.63. The number of rotatable bonds is 4. The van der Waals surface area contributed by atoms with Crippen LogP contribution in [-0.4, -0.2) is 41.6 Å². The van der Waals surface area contributed by atoms with Gasteiger partial charge in [0.25, 0.3) is 5.91 Å². The van der Waals surface area contributed by atoms with Crippen LogP contribution < -0.4 is 5.32 Å². The van der Waals surface area contributed by atoms with Crippen molar-refractivity contribution in [1.29, 1.82) is 0 Å². The minimum absolute atomic E-state index is 0.0341. The van der Waals surface area contributed by atoms with Gasteiger partial charge >= 0.3 is 12.1 Å². The van der Waals surface area contributed by atoms with Gasteiger partial charge in [-0.1, -0.05) is 30.7 Å². The lowest BCUT2D eigenvalue weighted by molar-refractivity contribution is -0.151. The van der Waals surface area contributed by atoms with E-state index < -0.39 is 41.3 Å². The van der Waals surface area contributed by atoms with E-state index >= 15 is 0 Å². The molecule has 198 valence electrons. The Morgan fingerprint density at radius 2 is 1.76 bits per heavy atom. The zero-order chi connectivity index (χ0) is 26.9. The minimum atomic E-state index is -0.636. The monoisotopic (exact) mass is 510 g/mol. The molecule has 7 nitrogen and oxygen atoms in total. The molecule has 37 heavy (non-hydrogen) atoms. The average molecular weight is 511 g/mol. The zero-order valence-corrected chi connectivity index (χ0v) is 22.0. The third-order valence-corrected chi connectivity index (χ3v) is 7.29. The number of nitrogens with zero attached hydrogens (tertiary/aromatic N) is 1. The summed E-state index contributed by atoms with van der Waals surface area (Å²) in [5.74, 6) is -1.83. The first-order valence-corrected chi connectivity index (χ1v) is 12.8. The Hall–Kier alpha value is -3.42. The molecule has 2 fully saturated rings. The molecule has 0 radical (unpaired) electrons.